The molecule has 2 aromatic heterocycles. The fourth-order valence-corrected chi connectivity index (χ4v) is 6.53. The van der Waals surface area contributed by atoms with Crippen molar-refractivity contribution >= 4 is 51.8 Å². The molecule has 1 aliphatic heterocycles. The van der Waals surface area contributed by atoms with Crippen molar-refractivity contribution < 1.29 is 5.11 Å². The maximum Gasteiger partial charge on any atom is 0.226 e. The van der Waals surface area contributed by atoms with E-state index in [2.05, 4.69) is 62.5 Å². The fourth-order valence-electron chi connectivity index (χ4n) is 6.11. The Kier molecular flexibility index (Phi) is 7.53. The predicted octanol–water partition coefficient (Wildman–Crippen LogP) is 6.91. The van der Waals surface area contributed by atoms with E-state index >= 15 is 0 Å². The summed E-state index contributed by atoms with van der Waals surface area (Å²) in [5, 5.41) is 12.6. The number of nitrogens with zero attached hydrogens (tertiary/aromatic N) is 6. The second-order valence-corrected chi connectivity index (χ2v) is 12.2. The third kappa shape index (κ3) is 5.33. The largest absolute Gasteiger partial charge is 0.388 e. The molecule has 208 valence electrons. The van der Waals surface area contributed by atoms with Crippen LogP contribution < -0.4 is 4.90 Å². The molecule has 1 saturated carbocycles. The zero-order valence-corrected chi connectivity index (χ0v) is 24.5. The first-order valence-corrected chi connectivity index (χ1v) is 14.7. The molecule has 4 aromatic rings. The molecule has 0 bridgehead atoms. The van der Waals surface area contributed by atoms with E-state index in [0.29, 0.717) is 46.7 Å². The zero-order valence-electron chi connectivity index (χ0n) is 22.3. The molecule has 2 aromatic carbocycles. The number of benzene rings is 2. The van der Waals surface area contributed by atoms with Crippen LogP contribution in [0.2, 0.25) is 15.3 Å². The Hall–Kier alpha value is -2.68. The highest BCUT2D eigenvalue weighted by atomic mass is 35.5. The molecule has 10 heteroatoms. The van der Waals surface area contributed by atoms with E-state index in [0.717, 1.165) is 42.5 Å². The fraction of sp³-hybridized carbons (Fsp3) is 0.367. The van der Waals surface area contributed by atoms with Crippen LogP contribution in [0.25, 0.3) is 11.2 Å². The number of imidazole rings is 1. The summed E-state index contributed by atoms with van der Waals surface area (Å²) >= 11 is 18.9. The van der Waals surface area contributed by atoms with Crippen LogP contribution in [0.1, 0.15) is 49.8 Å². The maximum atomic E-state index is 11.0. The lowest BCUT2D eigenvalue weighted by Crippen LogP contribution is -2.52. The molecule has 2 aliphatic rings. The highest BCUT2D eigenvalue weighted by Crippen LogP contribution is 2.38. The van der Waals surface area contributed by atoms with Crippen molar-refractivity contribution in [1.29, 1.82) is 0 Å². The number of anilines is 1. The van der Waals surface area contributed by atoms with Gasteiger partial charge >= 0.3 is 0 Å². The average Bonchev–Trinajstić information content (AvgIpc) is 3.54. The minimum absolute atomic E-state index is 0.0243. The van der Waals surface area contributed by atoms with Crippen LogP contribution >= 0.6 is 34.8 Å². The summed E-state index contributed by atoms with van der Waals surface area (Å²) in [6, 6.07) is 16.1. The van der Waals surface area contributed by atoms with Crippen LogP contribution in [-0.2, 0) is 6.54 Å². The Bertz CT molecular complexity index is 1490. The molecule has 7 nitrogen and oxygen atoms in total. The van der Waals surface area contributed by atoms with E-state index in [1.807, 2.05) is 28.8 Å². The molecule has 1 N–H and O–H groups in total. The van der Waals surface area contributed by atoms with Crippen LogP contribution in [-0.4, -0.2) is 54.3 Å². The smallest absolute Gasteiger partial charge is 0.226 e. The molecule has 40 heavy (non-hydrogen) atoms. The minimum atomic E-state index is -0.743. The van der Waals surface area contributed by atoms with Gasteiger partial charge in [-0.15, -0.1) is 0 Å². The van der Waals surface area contributed by atoms with Crippen molar-refractivity contribution in [1.82, 2.24) is 24.4 Å². The highest BCUT2D eigenvalue weighted by Gasteiger charge is 2.36. The number of hydrogen-bond donors (Lipinski definition) is 1. The number of aliphatic hydroxyl groups is 1. The molecule has 1 saturated heterocycles. The molecule has 2 fully saturated rings. The Morgan fingerprint density at radius 1 is 0.975 bits per heavy atom. The van der Waals surface area contributed by atoms with Crippen molar-refractivity contribution in [2.75, 3.05) is 18.0 Å². The summed E-state index contributed by atoms with van der Waals surface area (Å²) in [7, 11) is 0. The first-order valence-electron chi connectivity index (χ1n) is 13.5. The summed E-state index contributed by atoms with van der Waals surface area (Å²) < 4.78 is 1.90. The summed E-state index contributed by atoms with van der Waals surface area (Å²) in [6.07, 6.45) is 5.33. The Balaban J connectivity index is 1.33. The SMILES string of the molecule is C=C1CN(C(c2ccc(Cl)cc2)c2ccc(Cl)cc2)[C@H](C)CN1c1nc(Cl)nc2c1ncn2CC1(O)CCCC1. The van der Waals surface area contributed by atoms with E-state index in [1.165, 1.54) is 0 Å². The van der Waals surface area contributed by atoms with Gasteiger partial charge in [0.1, 0.15) is 0 Å². The van der Waals surface area contributed by atoms with Crippen LogP contribution in [0.3, 0.4) is 0 Å². The van der Waals surface area contributed by atoms with E-state index in [-0.39, 0.29) is 17.4 Å². The Morgan fingerprint density at radius 2 is 1.57 bits per heavy atom. The lowest BCUT2D eigenvalue weighted by molar-refractivity contribution is 0.0308. The summed E-state index contributed by atoms with van der Waals surface area (Å²) in [5.41, 5.74) is 3.68. The van der Waals surface area contributed by atoms with Crippen molar-refractivity contribution in [2.24, 2.45) is 0 Å². The Morgan fingerprint density at radius 3 is 2.17 bits per heavy atom. The molecule has 0 radical (unpaired) electrons. The lowest BCUT2D eigenvalue weighted by atomic mass is 9.94. The first kappa shape index (κ1) is 27.5. The molecular formula is C30H31Cl3N6O. The van der Waals surface area contributed by atoms with Gasteiger partial charge < -0.3 is 14.6 Å². The first-order chi connectivity index (χ1) is 19.2. The summed E-state index contributed by atoms with van der Waals surface area (Å²) in [5.74, 6) is 0.637. The number of rotatable bonds is 6. The van der Waals surface area contributed by atoms with Gasteiger partial charge in [0.05, 0.1) is 24.5 Å². The second-order valence-electron chi connectivity index (χ2n) is 11.0. The van der Waals surface area contributed by atoms with Crippen molar-refractivity contribution in [2.45, 2.75) is 56.8 Å². The standard InChI is InChI=1S/C30H31Cl3N6O/c1-19-16-39(28-25-27(35-29(33)36-28)37(18-34-25)17-30(40)13-3-4-14-30)20(2)15-38(19)26(21-5-9-23(31)10-6-21)22-7-11-24(32)12-8-22/h5-12,18-19,26,40H,2-4,13-17H2,1H3/t19-/m1/s1. The van der Waals surface area contributed by atoms with E-state index in [4.69, 9.17) is 34.8 Å². The number of halogens is 3. The normalized spacial score (nSPS) is 19.7. The quantitative estimate of drug-likeness (QED) is 0.244. The van der Waals surface area contributed by atoms with Gasteiger partial charge in [-0.25, -0.2) is 4.98 Å². The van der Waals surface area contributed by atoms with Crippen LogP contribution in [0, 0.1) is 0 Å². The van der Waals surface area contributed by atoms with Crippen molar-refractivity contribution in [3.8, 4) is 0 Å². The third-order valence-corrected chi connectivity index (χ3v) is 8.81. The van der Waals surface area contributed by atoms with Gasteiger partial charge in [0, 0.05) is 34.9 Å². The van der Waals surface area contributed by atoms with Gasteiger partial charge in [-0.2, -0.15) is 9.97 Å². The summed E-state index contributed by atoms with van der Waals surface area (Å²) in [4.78, 5) is 18.3. The van der Waals surface area contributed by atoms with Crippen LogP contribution in [0.15, 0.2) is 67.1 Å². The number of hydrogen-bond acceptors (Lipinski definition) is 6. The molecule has 1 atom stereocenters. The van der Waals surface area contributed by atoms with E-state index < -0.39 is 5.60 Å². The van der Waals surface area contributed by atoms with Gasteiger partial charge in [0.25, 0.3) is 0 Å². The maximum absolute atomic E-state index is 11.0. The molecule has 0 spiro atoms. The number of aromatic nitrogens is 4. The monoisotopic (exact) mass is 596 g/mol. The van der Waals surface area contributed by atoms with Gasteiger partial charge in [-0.1, -0.05) is 66.9 Å². The molecule has 6 rings (SSSR count). The number of fused-ring (bicyclic) bond motifs is 1. The van der Waals surface area contributed by atoms with Crippen LogP contribution in [0.5, 0.6) is 0 Å². The third-order valence-electron chi connectivity index (χ3n) is 8.14. The average molecular weight is 598 g/mol. The Labute approximate surface area is 249 Å². The van der Waals surface area contributed by atoms with E-state index in [1.54, 1.807) is 6.33 Å². The number of piperazine rings is 1. The molecule has 0 unspecified atom stereocenters. The predicted molar refractivity (Wildman–Crippen MR) is 161 cm³/mol. The molecule has 3 heterocycles. The topological polar surface area (TPSA) is 70.3 Å². The lowest BCUT2D eigenvalue weighted by Gasteiger charge is -2.45. The molecular weight excluding hydrogens is 567 g/mol. The molecule has 0 amide bonds. The zero-order chi connectivity index (χ0) is 28.0. The minimum Gasteiger partial charge on any atom is -0.388 e. The molecule has 1 aliphatic carbocycles. The van der Waals surface area contributed by atoms with Gasteiger partial charge in [-0.3, -0.25) is 4.90 Å². The second kappa shape index (κ2) is 11.0. The van der Waals surface area contributed by atoms with Gasteiger partial charge in [0.2, 0.25) is 5.28 Å². The van der Waals surface area contributed by atoms with Gasteiger partial charge in [-0.05, 0) is 66.8 Å². The van der Waals surface area contributed by atoms with Crippen molar-refractivity contribution in [3.05, 3.63) is 93.6 Å². The van der Waals surface area contributed by atoms with Gasteiger partial charge in [0.15, 0.2) is 17.0 Å². The van der Waals surface area contributed by atoms with Crippen molar-refractivity contribution in [3.63, 3.8) is 0 Å². The van der Waals surface area contributed by atoms with Crippen LogP contribution in [0.4, 0.5) is 5.82 Å². The highest BCUT2D eigenvalue weighted by molar-refractivity contribution is 6.30. The summed E-state index contributed by atoms with van der Waals surface area (Å²) in [6.45, 7) is 8.33. The van der Waals surface area contributed by atoms with E-state index in [9.17, 15) is 5.11 Å².